The predicted molar refractivity (Wildman–Crippen MR) is 89.9 cm³/mol. The molecule has 0 aromatic carbocycles. The van der Waals surface area contributed by atoms with Crippen LogP contribution in [0.5, 0.6) is 0 Å². The Balaban J connectivity index is 2.24. The fourth-order valence-corrected chi connectivity index (χ4v) is 3.42. The van der Waals surface area contributed by atoms with Crippen LogP contribution in [0, 0.1) is 18.8 Å². The van der Waals surface area contributed by atoms with E-state index in [0.717, 1.165) is 41.3 Å². The zero-order valence-corrected chi connectivity index (χ0v) is 14.2. The van der Waals surface area contributed by atoms with Crippen LogP contribution in [0.25, 0.3) is 0 Å². The molecule has 0 amide bonds. The molecule has 0 spiro atoms. The van der Waals surface area contributed by atoms with Gasteiger partial charge in [-0.3, -0.25) is 0 Å². The van der Waals surface area contributed by atoms with Crippen molar-refractivity contribution >= 4 is 11.6 Å². The van der Waals surface area contributed by atoms with Gasteiger partial charge in [-0.25, -0.2) is 9.97 Å². The van der Waals surface area contributed by atoms with Crippen molar-refractivity contribution in [3.05, 3.63) is 11.4 Å². The van der Waals surface area contributed by atoms with E-state index in [2.05, 4.69) is 43.3 Å². The topological polar surface area (TPSA) is 49.8 Å². The number of nitrogens with one attached hydrogen (secondary N) is 2. The lowest BCUT2D eigenvalue weighted by atomic mass is 9.78. The molecule has 0 aliphatic heterocycles. The number of anilines is 2. The maximum absolute atomic E-state index is 4.73. The van der Waals surface area contributed by atoms with Crippen molar-refractivity contribution in [2.45, 2.75) is 65.8 Å². The molecule has 0 radical (unpaired) electrons. The summed E-state index contributed by atoms with van der Waals surface area (Å²) in [4.78, 5) is 9.28. The monoisotopic (exact) mass is 290 g/mol. The highest BCUT2D eigenvalue weighted by molar-refractivity contribution is 5.57. The zero-order valence-electron chi connectivity index (χ0n) is 14.2. The fraction of sp³-hybridized carbons (Fsp3) is 0.765. The number of hydrogen-bond acceptors (Lipinski definition) is 4. The van der Waals surface area contributed by atoms with E-state index in [4.69, 9.17) is 4.98 Å². The van der Waals surface area contributed by atoms with Gasteiger partial charge in [0, 0.05) is 25.1 Å². The van der Waals surface area contributed by atoms with Crippen molar-refractivity contribution in [1.29, 1.82) is 0 Å². The molecule has 118 valence electrons. The normalized spacial score (nSPS) is 22.4. The van der Waals surface area contributed by atoms with Crippen LogP contribution in [0.15, 0.2) is 0 Å². The molecule has 4 nitrogen and oxygen atoms in total. The number of aromatic nitrogens is 2. The highest BCUT2D eigenvalue weighted by Crippen LogP contribution is 2.33. The molecule has 1 aliphatic rings. The number of nitrogens with zero attached hydrogens (tertiary/aromatic N) is 2. The van der Waals surface area contributed by atoms with Gasteiger partial charge in [0.1, 0.15) is 17.5 Å². The van der Waals surface area contributed by atoms with E-state index < -0.39 is 0 Å². The van der Waals surface area contributed by atoms with Crippen molar-refractivity contribution in [1.82, 2.24) is 9.97 Å². The molecule has 2 unspecified atom stereocenters. The van der Waals surface area contributed by atoms with E-state index in [1.165, 1.54) is 25.7 Å². The minimum absolute atomic E-state index is 0.543. The van der Waals surface area contributed by atoms with Crippen molar-refractivity contribution < 1.29 is 0 Å². The molecule has 1 fully saturated rings. The van der Waals surface area contributed by atoms with E-state index in [0.29, 0.717) is 6.04 Å². The van der Waals surface area contributed by atoms with Crippen LogP contribution in [-0.2, 0) is 6.42 Å². The zero-order chi connectivity index (χ0) is 15.4. The molecule has 4 heteroatoms. The smallest absolute Gasteiger partial charge is 0.135 e. The van der Waals surface area contributed by atoms with Crippen molar-refractivity contribution in [3.8, 4) is 0 Å². The van der Waals surface area contributed by atoms with Crippen LogP contribution in [0.3, 0.4) is 0 Å². The molecule has 2 N–H and O–H groups in total. The van der Waals surface area contributed by atoms with Gasteiger partial charge < -0.3 is 10.6 Å². The fourth-order valence-electron chi connectivity index (χ4n) is 3.42. The Bertz CT molecular complexity index is 470. The van der Waals surface area contributed by atoms with Gasteiger partial charge in [-0.1, -0.05) is 33.6 Å². The summed E-state index contributed by atoms with van der Waals surface area (Å²) in [6, 6.07) is 0.543. The summed E-state index contributed by atoms with van der Waals surface area (Å²) in [5.41, 5.74) is 1.13. The lowest BCUT2D eigenvalue weighted by molar-refractivity contribution is 0.253. The molecule has 0 bridgehead atoms. The van der Waals surface area contributed by atoms with E-state index in [9.17, 15) is 0 Å². The summed E-state index contributed by atoms with van der Waals surface area (Å²) in [7, 11) is 1.93. The maximum atomic E-state index is 4.73. The van der Waals surface area contributed by atoms with Gasteiger partial charge in [0.25, 0.3) is 0 Å². The predicted octanol–water partition coefficient (Wildman–Crippen LogP) is 4.02. The third-order valence-electron chi connectivity index (χ3n) is 4.74. The van der Waals surface area contributed by atoms with E-state index in [1.807, 2.05) is 7.05 Å². The molecule has 0 saturated heterocycles. The molecule has 21 heavy (non-hydrogen) atoms. The SMILES string of the molecule is CCc1nc(NC)c(C)c(NC2CCCCC2C(C)C)n1. The number of rotatable bonds is 5. The second-order valence-corrected chi connectivity index (χ2v) is 6.51. The molecule has 1 aliphatic carbocycles. The third-order valence-corrected chi connectivity index (χ3v) is 4.74. The first-order valence-corrected chi connectivity index (χ1v) is 8.38. The largest absolute Gasteiger partial charge is 0.373 e. The molecule has 1 aromatic rings. The van der Waals surface area contributed by atoms with Crippen molar-refractivity contribution in [2.24, 2.45) is 11.8 Å². The van der Waals surface area contributed by atoms with Crippen LogP contribution in [0.1, 0.15) is 57.8 Å². The summed E-state index contributed by atoms with van der Waals surface area (Å²) in [5, 5.41) is 6.93. The summed E-state index contributed by atoms with van der Waals surface area (Å²) >= 11 is 0. The Morgan fingerprint density at radius 2 is 1.81 bits per heavy atom. The minimum Gasteiger partial charge on any atom is -0.373 e. The molecular formula is C17H30N4. The quantitative estimate of drug-likeness (QED) is 0.860. The summed E-state index contributed by atoms with van der Waals surface area (Å²) in [6.07, 6.45) is 6.14. The lowest BCUT2D eigenvalue weighted by Crippen LogP contribution is -2.36. The average molecular weight is 290 g/mol. The average Bonchev–Trinajstić information content (AvgIpc) is 2.49. The van der Waals surface area contributed by atoms with Crippen molar-refractivity contribution in [2.75, 3.05) is 17.7 Å². The second kappa shape index (κ2) is 7.10. The van der Waals surface area contributed by atoms with Crippen LogP contribution < -0.4 is 10.6 Å². The van der Waals surface area contributed by atoms with Crippen molar-refractivity contribution in [3.63, 3.8) is 0 Å². The van der Waals surface area contributed by atoms with E-state index in [-0.39, 0.29) is 0 Å². The third kappa shape index (κ3) is 3.66. The first kappa shape index (κ1) is 16.1. The lowest BCUT2D eigenvalue weighted by Gasteiger charge is -2.35. The Hall–Kier alpha value is -1.32. The number of hydrogen-bond donors (Lipinski definition) is 2. The molecule has 1 saturated carbocycles. The Labute approximate surface area is 129 Å². The first-order chi connectivity index (χ1) is 10.1. The summed E-state index contributed by atoms with van der Waals surface area (Å²) in [6.45, 7) is 8.88. The summed E-state index contributed by atoms with van der Waals surface area (Å²) < 4.78 is 0. The second-order valence-electron chi connectivity index (χ2n) is 6.51. The number of aryl methyl sites for hydroxylation is 1. The Morgan fingerprint density at radius 1 is 1.14 bits per heavy atom. The van der Waals surface area contributed by atoms with Crippen LogP contribution >= 0.6 is 0 Å². The highest BCUT2D eigenvalue weighted by Gasteiger charge is 2.28. The first-order valence-electron chi connectivity index (χ1n) is 8.38. The van der Waals surface area contributed by atoms with E-state index in [1.54, 1.807) is 0 Å². The Kier molecular flexibility index (Phi) is 5.43. The van der Waals surface area contributed by atoms with Crippen LogP contribution in [-0.4, -0.2) is 23.1 Å². The van der Waals surface area contributed by atoms with Gasteiger partial charge in [-0.2, -0.15) is 0 Å². The van der Waals surface area contributed by atoms with Gasteiger partial charge in [-0.15, -0.1) is 0 Å². The van der Waals surface area contributed by atoms with Gasteiger partial charge in [0.2, 0.25) is 0 Å². The molecule has 2 atom stereocenters. The van der Waals surface area contributed by atoms with Gasteiger partial charge in [0.15, 0.2) is 0 Å². The molecular weight excluding hydrogens is 260 g/mol. The standard InChI is InChI=1S/C17H30N4/c1-6-15-20-16(18-5)12(4)17(21-15)19-14-10-8-7-9-13(14)11(2)3/h11,13-14H,6-10H2,1-5H3,(H2,18,19,20,21). The Morgan fingerprint density at radius 3 is 2.43 bits per heavy atom. The van der Waals surface area contributed by atoms with Gasteiger partial charge in [0.05, 0.1) is 0 Å². The van der Waals surface area contributed by atoms with Gasteiger partial charge >= 0.3 is 0 Å². The molecule has 1 heterocycles. The van der Waals surface area contributed by atoms with Crippen LogP contribution in [0.2, 0.25) is 0 Å². The highest BCUT2D eigenvalue weighted by atomic mass is 15.1. The van der Waals surface area contributed by atoms with E-state index >= 15 is 0 Å². The van der Waals surface area contributed by atoms with Gasteiger partial charge in [-0.05, 0) is 31.6 Å². The minimum atomic E-state index is 0.543. The maximum Gasteiger partial charge on any atom is 0.135 e. The molecule has 1 aromatic heterocycles. The van der Waals surface area contributed by atoms with Crippen LogP contribution in [0.4, 0.5) is 11.6 Å². The molecule has 2 rings (SSSR count). The summed E-state index contributed by atoms with van der Waals surface area (Å²) in [5.74, 6) is 4.34.